The highest BCUT2D eigenvalue weighted by molar-refractivity contribution is 4.88. The first-order valence-electron chi connectivity index (χ1n) is 6.89. The Morgan fingerprint density at radius 1 is 1.25 bits per heavy atom. The lowest BCUT2D eigenvalue weighted by Gasteiger charge is -2.39. The van der Waals surface area contributed by atoms with Gasteiger partial charge in [-0.05, 0) is 50.9 Å². The summed E-state index contributed by atoms with van der Waals surface area (Å²) in [6.45, 7) is 9.47. The number of aliphatic hydroxyl groups excluding tert-OH is 1. The smallest absolute Gasteiger partial charge is 0.0448 e. The van der Waals surface area contributed by atoms with E-state index in [-0.39, 0.29) is 12.1 Å². The first-order chi connectivity index (χ1) is 7.50. The standard InChI is InChI=1S/C14H29NO/c1-5-14(4,8-9-16)15-13-7-6-11(2)12(3)10-13/h11-13,15-16H,5-10H2,1-4H3. The molecule has 0 aromatic rings. The number of hydrogen-bond acceptors (Lipinski definition) is 2. The van der Waals surface area contributed by atoms with E-state index in [1.165, 1.54) is 19.3 Å². The molecule has 1 aliphatic carbocycles. The molecule has 0 radical (unpaired) electrons. The van der Waals surface area contributed by atoms with E-state index < -0.39 is 0 Å². The van der Waals surface area contributed by atoms with Gasteiger partial charge in [0.25, 0.3) is 0 Å². The molecule has 96 valence electrons. The maximum absolute atomic E-state index is 9.12. The van der Waals surface area contributed by atoms with Crippen LogP contribution in [0.5, 0.6) is 0 Å². The van der Waals surface area contributed by atoms with Gasteiger partial charge in [0.15, 0.2) is 0 Å². The molecule has 1 saturated carbocycles. The highest BCUT2D eigenvalue weighted by Gasteiger charge is 2.29. The summed E-state index contributed by atoms with van der Waals surface area (Å²) in [7, 11) is 0. The van der Waals surface area contributed by atoms with Crippen LogP contribution in [-0.4, -0.2) is 23.3 Å². The second-order valence-electron chi connectivity index (χ2n) is 6.00. The highest BCUT2D eigenvalue weighted by Crippen LogP contribution is 2.31. The molecule has 1 rings (SSSR count). The minimum atomic E-state index is 0.125. The molecule has 1 aliphatic rings. The third kappa shape index (κ3) is 3.74. The Kier molecular flexibility index (Phi) is 5.26. The van der Waals surface area contributed by atoms with Gasteiger partial charge in [0.2, 0.25) is 0 Å². The fourth-order valence-corrected chi connectivity index (χ4v) is 2.77. The van der Waals surface area contributed by atoms with Crippen LogP contribution in [0.3, 0.4) is 0 Å². The van der Waals surface area contributed by atoms with Gasteiger partial charge in [-0.1, -0.05) is 20.8 Å². The maximum Gasteiger partial charge on any atom is 0.0448 e. The van der Waals surface area contributed by atoms with Crippen molar-refractivity contribution in [3.8, 4) is 0 Å². The van der Waals surface area contributed by atoms with Gasteiger partial charge in [-0.25, -0.2) is 0 Å². The molecule has 2 heteroatoms. The summed E-state index contributed by atoms with van der Waals surface area (Å²) in [5.41, 5.74) is 0.125. The van der Waals surface area contributed by atoms with Crippen molar-refractivity contribution in [2.45, 2.75) is 71.4 Å². The van der Waals surface area contributed by atoms with Gasteiger partial charge in [0, 0.05) is 18.2 Å². The van der Waals surface area contributed by atoms with Crippen LogP contribution < -0.4 is 5.32 Å². The van der Waals surface area contributed by atoms with E-state index in [9.17, 15) is 0 Å². The Bertz CT molecular complexity index is 207. The van der Waals surface area contributed by atoms with Crippen molar-refractivity contribution in [1.82, 2.24) is 5.32 Å². The minimum Gasteiger partial charge on any atom is -0.396 e. The average Bonchev–Trinajstić information content (AvgIpc) is 2.24. The molecule has 4 atom stereocenters. The Morgan fingerprint density at radius 2 is 1.94 bits per heavy atom. The predicted octanol–water partition coefficient (Wildman–Crippen LogP) is 2.95. The second-order valence-corrected chi connectivity index (χ2v) is 6.00. The summed E-state index contributed by atoms with van der Waals surface area (Å²) in [6.07, 6.45) is 5.89. The van der Waals surface area contributed by atoms with Crippen LogP contribution in [0.1, 0.15) is 59.8 Å². The molecule has 0 bridgehead atoms. The monoisotopic (exact) mass is 227 g/mol. The van der Waals surface area contributed by atoms with Crippen LogP contribution in [0.2, 0.25) is 0 Å². The Morgan fingerprint density at radius 3 is 2.44 bits per heavy atom. The van der Waals surface area contributed by atoms with Crippen molar-refractivity contribution in [1.29, 1.82) is 0 Å². The van der Waals surface area contributed by atoms with E-state index in [0.29, 0.717) is 6.04 Å². The molecule has 0 amide bonds. The molecule has 1 fully saturated rings. The summed E-state index contributed by atoms with van der Waals surface area (Å²) in [4.78, 5) is 0. The van der Waals surface area contributed by atoms with Gasteiger partial charge in [-0.15, -0.1) is 0 Å². The zero-order valence-electron chi connectivity index (χ0n) is 11.4. The minimum absolute atomic E-state index is 0.125. The van der Waals surface area contributed by atoms with Crippen LogP contribution in [0.15, 0.2) is 0 Å². The summed E-state index contributed by atoms with van der Waals surface area (Å²) in [6, 6.07) is 0.655. The summed E-state index contributed by atoms with van der Waals surface area (Å²) in [5.74, 6) is 1.71. The third-order valence-corrected chi connectivity index (χ3v) is 4.59. The Hall–Kier alpha value is -0.0800. The van der Waals surface area contributed by atoms with Crippen molar-refractivity contribution < 1.29 is 5.11 Å². The van der Waals surface area contributed by atoms with E-state index in [1.807, 2.05) is 0 Å². The van der Waals surface area contributed by atoms with Gasteiger partial charge < -0.3 is 10.4 Å². The number of rotatable bonds is 5. The third-order valence-electron chi connectivity index (χ3n) is 4.59. The van der Waals surface area contributed by atoms with Crippen LogP contribution in [0, 0.1) is 11.8 Å². The van der Waals surface area contributed by atoms with Crippen molar-refractivity contribution >= 4 is 0 Å². The van der Waals surface area contributed by atoms with Crippen molar-refractivity contribution in [2.75, 3.05) is 6.61 Å². The molecule has 2 N–H and O–H groups in total. The molecule has 4 unspecified atom stereocenters. The van der Waals surface area contributed by atoms with Gasteiger partial charge in [-0.2, -0.15) is 0 Å². The quantitative estimate of drug-likeness (QED) is 0.757. The van der Waals surface area contributed by atoms with Gasteiger partial charge in [0.05, 0.1) is 0 Å². The van der Waals surface area contributed by atoms with Gasteiger partial charge in [0.1, 0.15) is 0 Å². The molecule has 0 aromatic carbocycles. The van der Waals surface area contributed by atoms with Crippen LogP contribution in [-0.2, 0) is 0 Å². The first kappa shape index (κ1) is 14.0. The topological polar surface area (TPSA) is 32.3 Å². The van der Waals surface area contributed by atoms with E-state index in [1.54, 1.807) is 0 Å². The number of hydrogen-bond donors (Lipinski definition) is 2. The molecule has 0 aromatic heterocycles. The van der Waals surface area contributed by atoms with E-state index >= 15 is 0 Å². The van der Waals surface area contributed by atoms with Gasteiger partial charge in [-0.3, -0.25) is 0 Å². The van der Waals surface area contributed by atoms with Crippen LogP contribution in [0.4, 0.5) is 0 Å². The fourth-order valence-electron chi connectivity index (χ4n) is 2.77. The molecular weight excluding hydrogens is 198 g/mol. The van der Waals surface area contributed by atoms with E-state index in [2.05, 4.69) is 33.0 Å². The summed E-state index contributed by atoms with van der Waals surface area (Å²) in [5, 5.41) is 12.9. The second kappa shape index (κ2) is 6.02. The Labute approximate surface area is 101 Å². The largest absolute Gasteiger partial charge is 0.396 e. The zero-order valence-corrected chi connectivity index (χ0v) is 11.4. The van der Waals surface area contributed by atoms with E-state index in [0.717, 1.165) is 24.7 Å². The normalized spacial score (nSPS) is 34.7. The maximum atomic E-state index is 9.12. The van der Waals surface area contributed by atoms with Crippen LogP contribution >= 0.6 is 0 Å². The number of nitrogens with one attached hydrogen (secondary N) is 1. The highest BCUT2D eigenvalue weighted by atomic mass is 16.3. The lowest BCUT2D eigenvalue weighted by Crippen LogP contribution is -2.50. The molecule has 2 nitrogen and oxygen atoms in total. The number of aliphatic hydroxyl groups is 1. The summed E-state index contributed by atoms with van der Waals surface area (Å²) < 4.78 is 0. The predicted molar refractivity (Wildman–Crippen MR) is 69.5 cm³/mol. The lowest BCUT2D eigenvalue weighted by atomic mass is 9.78. The molecule has 16 heavy (non-hydrogen) atoms. The zero-order chi connectivity index (χ0) is 12.2. The van der Waals surface area contributed by atoms with Crippen LogP contribution in [0.25, 0.3) is 0 Å². The molecule has 0 heterocycles. The molecular formula is C14H29NO. The average molecular weight is 227 g/mol. The SMILES string of the molecule is CCC(C)(CCO)NC1CCC(C)C(C)C1. The summed E-state index contributed by atoms with van der Waals surface area (Å²) >= 11 is 0. The first-order valence-corrected chi connectivity index (χ1v) is 6.89. The van der Waals surface area contributed by atoms with Gasteiger partial charge >= 0.3 is 0 Å². The molecule has 0 spiro atoms. The molecule has 0 saturated heterocycles. The van der Waals surface area contributed by atoms with Crippen molar-refractivity contribution in [3.63, 3.8) is 0 Å². The van der Waals surface area contributed by atoms with Crippen molar-refractivity contribution in [3.05, 3.63) is 0 Å². The van der Waals surface area contributed by atoms with Crippen molar-refractivity contribution in [2.24, 2.45) is 11.8 Å². The lowest BCUT2D eigenvalue weighted by molar-refractivity contribution is 0.159. The molecule has 0 aliphatic heterocycles. The van der Waals surface area contributed by atoms with E-state index in [4.69, 9.17) is 5.11 Å². The fraction of sp³-hybridized carbons (Fsp3) is 1.00. The Balaban J connectivity index is 2.46.